The van der Waals surface area contributed by atoms with Crippen molar-refractivity contribution in [3.05, 3.63) is 18.2 Å². The second-order valence-corrected chi connectivity index (χ2v) is 9.30. The van der Waals surface area contributed by atoms with Crippen molar-refractivity contribution < 1.29 is 19.1 Å². The molecule has 1 aromatic carbocycles. The van der Waals surface area contributed by atoms with E-state index >= 15 is 0 Å². The predicted octanol–water partition coefficient (Wildman–Crippen LogP) is 3.67. The fourth-order valence-electron chi connectivity index (χ4n) is 4.79. The van der Waals surface area contributed by atoms with Crippen LogP contribution in [-0.4, -0.2) is 86.2 Å². The van der Waals surface area contributed by atoms with Gasteiger partial charge in [0.05, 0.1) is 19.9 Å². The van der Waals surface area contributed by atoms with Gasteiger partial charge in [-0.2, -0.15) is 0 Å². The van der Waals surface area contributed by atoms with Gasteiger partial charge in [-0.25, -0.2) is 4.79 Å². The molecular weight excluding hydrogens is 420 g/mol. The summed E-state index contributed by atoms with van der Waals surface area (Å²) in [4.78, 5) is 31.5. The number of carbonyl (C=O) groups is 2. The van der Waals surface area contributed by atoms with Crippen molar-refractivity contribution in [2.45, 2.75) is 52.0 Å². The van der Waals surface area contributed by atoms with Gasteiger partial charge in [-0.1, -0.05) is 6.92 Å². The van der Waals surface area contributed by atoms with E-state index < -0.39 is 0 Å². The lowest BCUT2D eigenvalue weighted by molar-refractivity contribution is -0.130. The van der Waals surface area contributed by atoms with Crippen LogP contribution in [0.25, 0.3) is 0 Å². The summed E-state index contributed by atoms with van der Waals surface area (Å²) in [5.74, 6) is 2.17. The summed E-state index contributed by atoms with van der Waals surface area (Å²) in [6, 6.07) is 5.36. The number of piperidine rings is 2. The van der Waals surface area contributed by atoms with Crippen molar-refractivity contribution in [3.8, 4) is 11.5 Å². The summed E-state index contributed by atoms with van der Waals surface area (Å²) in [7, 11) is 3.19. The molecule has 8 nitrogen and oxygen atoms in total. The minimum Gasteiger partial charge on any atom is -0.497 e. The Hall–Kier alpha value is -2.48. The molecule has 2 heterocycles. The van der Waals surface area contributed by atoms with Crippen LogP contribution in [0.2, 0.25) is 0 Å². The monoisotopic (exact) mass is 460 g/mol. The van der Waals surface area contributed by atoms with Crippen LogP contribution in [0.5, 0.6) is 11.5 Å². The number of hydrogen-bond donors (Lipinski definition) is 1. The average Bonchev–Trinajstić information content (AvgIpc) is 2.83. The van der Waals surface area contributed by atoms with Gasteiger partial charge in [-0.3, -0.25) is 4.79 Å². The third kappa shape index (κ3) is 7.00. The highest BCUT2D eigenvalue weighted by molar-refractivity contribution is 5.91. The number of nitrogens with one attached hydrogen (secondary N) is 1. The van der Waals surface area contributed by atoms with E-state index in [9.17, 15) is 9.59 Å². The zero-order valence-electron chi connectivity index (χ0n) is 20.6. The first-order valence-electron chi connectivity index (χ1n) is 12.2. The first-order chi connectivity index (χ1) is 15.9. The molecule has 2 aliphatic rings. The lowest BCUT2D eigenvalue weighted by Gasteiger charge is -2.39. The molecule has 1 N–H and O–H groups in total. The number of benzene rings is 1. The van der Waals surface area contributed by atoms with E-state index in [0.717, 1.165) is 44.8 Å². The fraction of sp³-hybridized carbons (Fsp3) is 0.680. The number of carbonyl (C=O) groups excluding carboxylic acids is 2. The quantitative estimate of drug-likeness (QED) is 0.641. The number of urea groups is 1. The Morgan fingerprint density at radius 3 is 2.36 bits per heavy atom. The van der Waals surface area contributed by atoms with E-state index in [1.54, 1.807) is 33.3 Å². The Bertz CT molecular complexity index is 787. The first-order valence-corrected chi connectivity index (χ1v) is 12.2. The van der Waals surface area contributed by atoms with Gasteiger partial charge in [0.25, 0.3) is 0 Å². The Morgan fingerprint density at radius 1 is 1.06 bits per heavy atom. The topological polar surface area (TPSA) is 74.4 Å². The summed E-state index contributed by atoms with van der Waals surface area (Å²) in [5.41, 5.74) is 0.595. The summed E-state index contributed by atoms with van der Waals surface area (Å²) >= 11 is 0. The molecule has 0 bridgehead atoms. The van der Waals surface area contributed by atoms with Crippen LogP contribution in [0.3, 0.4) is 0 Å². The summed E-state index contributed by atoms with van der Waals surface area (Å²) in [6.07, 6.45) is 5.03. The number of methoxy groups -OCH3 is 2. The van der Waals surface area contributed by atoms with E-state index in [4.69, 9.17) is 9.47 Å². The third-order valence-corrected chi connectivity index (χ3v) is 7.01. The number of likely N-dealkylation sites (tertiary alicyclic amines) is 2. The SMILES string of the molecule is COc1ccc(OC)c(NC(=O)N(CCCN2CCC(C)CC2)C2CCN(C(C)=O)CC2)c1. The van der Waals surface area contributed by atoms with Crippen molar-refractivity contribution in [1.82, 2.24) is 14.7 Å². The van der Waals surface area contributed by atoms with Crippen LogP contribution in [0, 0.1) is 5.92 Å². The van der Waals surface area contributed by atoms with E-state index in [1.165, 1.54) is 12.8 Å². The minimum absolute atomic E-state index is 0.102. The molecule has 0 spiro atoms. The Kier molecular flexibility index (Phi) is 9.23. The number of anilines is 1. The zero-order valence-corrected chi connectivity index (χ0v) is 20.6. The highest BCUT2D eigenvalue weighted by Crippen LogP contribution is 2.30. The lowest BCUT2D eigenvalue weighted by Crippen LogP contribution is -2.50. The number of ether oxygens (including phenoxy) is 2. The molecule has 3 rings (SSSR count). The number of rotatable bonds is 8. The van der Waals surface area contributed by atoms with E-state index in [1.807, 2.05) is 15.9 Å². The average molecular weight is 461 g/mol. The second-order valence-electron chi connectivity index (χ2n) is 9.30. The van der Waals surface area contributed by atoms with Gasteiger partial charge in [0.15, 0.2) is 0 Å². The van der Waals surface area contributed by atoms with Crippen molar-refractivity contribution in [2.24, 2.45) is 5.92 Å². The molecule has 33 heavy (non-hydrogen) atoms. The largest absolute Gasteiger partial charge is 0.497 e. The minimum atomic E-state index is -0.130. The number of amides is 3. The van der Waals surface area contributed by atoms with Gasteiger partial charge in [0, 0.05) is 38.7 Å². The smallest absolute Gasteiger partial charge is 0.322 e. The molecule has 1 aromatic rings. The third-order valence-electron chi connectivity index (χ3n) is 7.01. The molecule has 0 aromatic heterocycles. The lowest BCUT2D eigenvalue weighted by atomic mass is 9.99. The highest BCUT2D eigenvalue weighted by atomic mass is 16.5. The van der Waals surface area contributed by atoms with Crippen molar-refractivity contribution >= 4 is 17.6 Å². The second kappa shape index (κ2) is 12.1. The van der Waals surface area contributed by atoms with E-state index in [2.05, 4.69) is 17.1 Å². The summed E-state index contributed by atoms with van der Waals surface area (Å²) < 4.78 is 10.8. The molecule has 184 valence electrons. The molecule has 2 aliphatic heterocycles. The van der Waals surface area contributed by atoms with Crippen molar-refractivity contribution in [2.75, 3.05) is 58.8 Å². The molecule has 0 aliphatic carbocycles. The van der Waals surface area contributed by atoms with Gasteiger partial charge in [0.2, 0.25) is 5.91 Å². The molecular formula is C25H40N4O4. The van der Waals surface area contributed by atoms with Gasteiger partial charge in [-0.05, 0) is 69.8 Å². The first kappa shape index (κ1) is 25.1. The van der Waals surface area contributed by atoms with Crippen LogP contribution >= 0.6 is 0 Å². The normalized spacial score (nSPS) is 18.1. The van der Waals surface area contributed by atoms with Crippen LogP contribution in [0.1, 0.15) is 46.0 Å². The summed E-state index contributed by atoms with van der Waals surface area (Å²) in [5, 5.41) is 3.05. The Morgan fingerprint density at radius 2 is 1.76 bits per heavy atom. The van der Waals surface area contributed by atoms with Gasteiger partial charge in [-0.15, -0.1) is 0 Å². The summed E-state index contributed by atoms with van der Waals surface area (Å²) in [6.45, 7) is 9.30. The maximum atomic E-state index is 13.4. The van der Waals surface area contributed by atoms with Crippen molar-refractivity contribution in [3.63, 3.8) is 0 Å². The number of hydrogen-bond acceptors (Lipinski definition) is 5. The van der Waals surface area contributed by atoms with Crippen LogP contribution in [0.15, 0.2) is 18.2 Å². The Labute approximate surface area is 198 Å². The van der Waals surface area contributed by atoms with E-state index in [0.29, 0.717) is 36.8 Å². The fourth-order valence-corrected chi connectivity index (χ4v) is 4.79. The van der Waals surface area contributed by atoms with Crippen molar-refractivity contribution in [1.29, 1.82) is 0 Å². The molecule has 2 fully saturated rings. The van der Waals surface area contributed by atoms with E-state index in [-0.39, 0.29) is 18.0 Å². The van der Waals surface area contributed by atoms with Gasteiger partial charge in [0.1, 0.15) is 11.5 Å². The standard InChI is InChI=1S/C25H40N4O4/c1-19-8-14-27(15-9-19)12-5-13-29(21-10-16-28(17-11-21)20(2)30)25(31)26-23-18-22(32-3)6-7-24(23)33-4/h6-7,18-19,21H,5,8-17H2,1-4H3,(H,26,31). The molecule has 3 amide bonds. The molecule has 0 saturated carbocycles. The molecule has 8 heteroatoms. The molecule has 0 unspecified atom stereocenters. The highest BCUT2D eigenvalue weighted by Gasteiger charge is 2.29. The zero-order chi connectivity index (χ0) is 23.8. The molecule has 0 atom stereocenters. The van der Waals surface area contributed by atoms with Gasteiger partial charge >= 0.3 is 6.03 Å². The van der Waals surface area contributed by atoms with Gasteiger partial charge < -0.3 is 29.5 Å². The Balaban J connectivity index is 1.66. The predicted molar refractivity (Wildman–Crippen MR) is 130 cm³/mol. The maximum absolute atomic E-state index is 13.4. The maximum Gasteiger partial charge on any atom is 0.322 e. The van der Waals surface area contributed by atoms with Crippen LogP contribution in [-0.2, 0) is 4.79 Å². The molecule has 0 radical (unpaired) electrons. The van der Waals surface area contributed by atoms with Crippen LogP contribution in [0.4, 0.5) is 10.5 Å². The molecule has 2 saturated heterocycles. The number of nitrogens with zero attached hydrogens (tertiary/aromatic N) is 3. The van der Waals surface area contributed by atoms with Crippen LogP contribution < -0.4 is 14.8 Å².